The van der Waals surface area contributed by atoms with Gasteiger partial charge in [-0.3, -0.25) is 10.1 Å². The third-order valence-corrected chi connectivity index (χ3v) is 11.9. The standard InChI is InChI=1S/C48H95N3O/c1-4-6-8-10-12-14-16-18-20-22-24-25-26-28-30-32-34-36-38-40-42-47-49-44-45-51(47)46(3)50-48(52)43-41-39-37-35-33-31-29-27-23-21-19-17-15-13-11-9-7-5-2/h46H,4-45H2,1-3H3,(H,50,52)/p+1. The van der Waals surface area contributed by atoms with Crippen LogP contribution in [0.25, 0.3) is 0 Å². The zero-order valence-electron chi connectivity index (χ0n) is 36.1. The van der Waals surface area contributed by atoms with Gasteiger partial charge in [-0.1, -0.05) is 245 Å². The molecule has 1 atom stereocenters. The van der Waals surface area contributed by atoms with Gasteiger partial charge in [-0.05, 0) is 19.8 Å². The van der Waals surface area contributed by atoms with E-state index in [4.69, 9.17) is 0 Å². The van der Waals surface area contributed by atoms with E-state index in [-0.39, 0.29) is 12.1 Å². The Kier molecular flexibility index (Phi) is 37.3. The van der Waals surface area contributed by atoms with Gasteiger partial charge in [0.25, 0.3) is 0 Å². The SMILES string of the molecule is CCCCCCCCCCCCCCCCCCCCCCC1=[N+](C(C)NC(=O)CCCCCCCCCCCCCCCCCCCC)CCN1. The van der Waals surface area contributed by atoms with Crippen LogP contribution in [0, 0.1) is 0 Å². The topological polar surface area (TPSA) is 44.1 Å². The fraction of sp³-hybridized carbons (Fsp3) is 0.958. The molecule has 1 aliphatic rings. The predicted molar refractivity (Wildman–Crippen MR) is 232 cm³/mol. The van der Waals surface area contributed by atoms with Gasteiger partial charge in [-0.2, -0.15) is 0 Å². The Morgan fingerprint density at radius 1 is 0.481 bits per heavy atom. The molecule has 0 radical (unpaired) electrons. The normalized spacial score (nSPS) is 13.6. The van der Waals surface area contributed by atoms with Gasteiger partial charge in [0.05, 0.1) is 0 Å². The van der Waals surface area contributed by atoms with E-state index in [0.717, 1.165) is 25.9 Å². The van der Waals surface area contributed by atoms with Crippen molar-refractivity contribution < 1.29 is 9.37 Å². The lowest BCUT2D eigenvalue weighted by Gasteiger charge is -2.15. The summed E-state index contributed by atoms with van der Waals surface area (Å²) in [4.78, 5) is 12.7. The number of amides is 1. The van der Waals surface area contributed by atoms with E-state index < -0.39 is 0 Å². The second kappa shape index (κ2) is 39.6. The molecule has 1 heterocycles. The number of rotatable bonds is 42. The van der Waals surface area contributed by atoms with E-state index in [1.54, 1.807) is 0 Å². The van der Waals surface area contributed by atoms with Crippen LogP contribution in [0.3, 0.4) is 0 Å². The molecule has 1 amide bonds. The summed E-state index contributed by atoms with van der Waals surface area (Å²) in [7, 11) is 0. The smallest absolute Gasteiger partial charge is 0.246 e. The minimum Gasteiger partial charge on any atom is -0.318 e. The van der Waals surface area contributed by atoms with Crippen LogP contribution in [-0.2, 0) is 4.79 Å². The number of nitrogens with zero attached hydrogens (tertiary/aromatic N) is 1. The number of hydrogen-bond acceptors (Lipinski definition) is 2. The van der Waals surface area contributed by atoms with Gasteiger partial charge < -0.3 is 5.32 Å². The van der Waals surface area contributed by atoms with Gasteiger partial charge in [0.2, 0.25) is 11.7 Å². The minimum atomic E-state index is 0.0955. The first kappa shape index (κ1) is 49.0. The first-order chi connectivity index (χ1) is 25.7. The predicted octanol–water partition coefficient (Wildman–Crippen LogP) is 15.1. The maximum atomic E-state index is 12.7. The third-order valence-electron chi connectivity index (χ3n) is 11.9. The molecule has 0 saturated carbocycles. The quantitative estimate of drug-likeness (QED) is 0.0485. The lowest BCUT2D eigenvalue weighted by Crippen LogP contribution is -2.42. The van der Waals surface area contributed by atoms with Gasteiger partial charge in [0, 0.05) is 12.8 Å². The molecule has 4 heteroatoms. The van der Waals surface area contributed by atoms with Crippen molar-refractivity contribution in [3.8, 4) is 0 Å². The summed E-state index contributed by atoms with van der Waals surface area (Å²) in [6.45, 7) is 8.78. The van der Waals surface area contributed by atoms with Gasteiger partial charge >= 0.3 is 0 Å². The largest absolute Gasteiger partial charge is 0.318 e. The Hall–Kier alpha value is -1.06. The number of amidine groups is 1. The summed E-state index contributed by atoms with van der Waals surface area (Å²) in [5.41, 5.74) is 0. The number of carbonyl (C=O) groups is 1. The fourth-order valence-electron chi connectivity index (χ4n) is 8.33. The summed E-state index contributed by atoms with van der Waals surface area (Å²) in [6, 6.07) is 0. The average Bonchev–Trinajstić information content (AvgIpc) is 3.62. The summed E-state index contributed by atoms with van der Waals surface area (Å²) in [5.74, 6) is 1.58. The molecule has 308 valence electrons. The second-order valence-corrected chi connectivity index (χ2v) is 17.0. The van der Waals surface area contributed by atoms with Crippen LogP contribution < -0.4 is 10.6 Å². The van der Waals surface area contributed by atoms with E-state index in [9.17, 15) is 4.79 Å². The monoisotopic (exact) mass is 731 g/mol. The molecule has 4 nitrogen and oxygen atoms in total. The Morgan fingerprint density at radius 3 is 1.10 bits per heavy atom. The molecule has 0 aromatic rings. The van der Waals surface area contributed by atoms with Crippen LogP contribution in [0.5, 0.6) is 0 Å². The molecule has 1 rings (SSSR count). The molecule has 0 aromatic heterocycles. The molecular formula is C48H96N3O+. The molecule has 0 bridgehead atoms. The Labute approximate surface area is 327 Å². The number of unbranched alkanes of at least 4 members (excludes halogenated alkanes) is 36. The lowest BCUT2D eigenvalue weighted by atomic mass is 10.0. The van der Waals surface area contributed by atoms with Crippen molar-refractivity contribution in [3.05, 3.63) is 0 Å². The highest BCUT2D eigenvalue weighted by Crippen LogP contribution is 2.17. The second-order valence-electron chi connectivity index (χ2n) is 17.0. The van der Waals surface area contributed by atoms with Gasteiger partial charge in [0.15, 0.2) is 6.17 Å². The molecule has 0 aromatic carbocycles. The highest BCUT2D eigenvalue weighted by molar-refractivity contribution is 5.79. The summed E-state index contributed by atoms with van der Waals surface area (Å²) >= 11 is 0. The molecule has 1 aliphatic heterocycles. The summed E-state index contributed by atoms with van der Waals surface area (Å²) in [6.07, 6.45) is 55.3. The Bertz CT molecular complexity index is 780. The van der Waals surface area contributed by atoms with E-state index in [0.29, 0.717) is 6.42 Å². The zero-order valence-corrected chi connectivity index (χ0v) is 36.1. The average molecular weight is 731 g/mol. The van der Waals surface area contributed by atoms with Crippen molar-refractivity contribution >= 4 is 11.7 Å². The first-order valence-corrected chi connectivity index (χ1v) is 24.3. The van der Waals surface area contributed by atoms with Crippen LogP contribution in [0.15, 0.2) is 0 Å². The Balaban J connectivity index is 1.89. The molecule has 1 unspecified atom stereocenters. The minimum absolute atomic E-state index is 0.0955. The van der Waals surface area contributed by atoms with Gasteiger partial charge in [0.1, 0.15) is 13.1 Å². The van der Waals surface area contributed by atoms with Crippen molar-refractivity contribution in [3.63, 3.8) is 0 Å². The summed E-state index contributed by atoms with van der Waals surface area (Å²) < 4.78 is 2.41. The molecule has 0 saturated heterocycles. The highest BCUT2D eigenvalue weighted by Gasteiger charge is 2.25. The first-order valence-electron chi connectivity index (χ1n) is 24.3. The lowest BCUT2D eigenvalue weighted by molar-refractivity contribution is -0.558. The van der Waals surface area contributed by atoms with E-state index in [1.807, 2.05) is 0 Å². The fourth-order valence-corrected chi connectivity index (χ4v) is 8.33. The van der Waals surface area contributed by atoms with E-state index >= 15 is 0 Å². The van der Waals surface area contributed by atoms with Crippen molar-refractivity contribution in [2.45, 2.75) is 284 Å². The van der Waals surface area contributed by atoms with Crippen LogP contribution in [0.2, 0.25) is 0 Å². The van der Waals surface area contributed by atoms with E-state index in [1.165, 1.54) is 243 Å². The molecule has 0 aliphatic carbocycles. The molecule has 52 heavy (non-hydrogen) atoms. The number of carbonyl (C=O) groups excluding carboxylic acids is 1. The van der Waals surface area contributed by atoms with Gasteiger partial charge in [-0.25, -0.2) is 4.58 Å². The zero-order chi connectivity index (χ0) is 37.4. The van der Waals surface area contributed by atoms with Crippen LogP contribution in [0.1, 0.15) is 278 Å². The van der Waals surface area contributed by atoms with E-state index in [2.05, 4.69) is 36.0 Å². The third kappa shape index (κ3) is 32.4. The maximum absolute atomic E-state index is 12.7. The molecule has 0 spiro atoms. The molecular weight excluding hydrogens is 635 g/mol. The van der Waals surface area contributed by atoms with Crippen LogP contribution >= 0.6 is 0 Å². The van der Waals surface area contributed by atoms with Crippen molar-refractivity contribution in [2.24, 2.45) is 0 Å². The van der Waals surface area contributed by atoms with Crippen LogP contribution in [0.4, 0.5) is 0 Å². The molecule has 0 fully saturated rings. The highest BCUT2D eigenvalue weighted by atomic mass is 16.1. The maximum Gasteiger partial charge on any atom is 0.246 e. The van der Waals surface area contributed by atoms with Crippen LogP contribution in [-0.4, -0.2) is 35.6 Å². The van der Waals surface area contributed by atoms with Gasteiger partial charge in [-0.15, -0.1) is 0 Å². The van der Waals surface area contributed by atoms with Crippen molar-refractivity contribution in [1.29, 1.82) is 0 Å². The van der Waals surface area contributed by atoms with Crippen molar-refractivity contribution in [2.75, 3.05) is 13.1 Å². The molecule has 2 N–H and O–H groups in total. The van der Waals surface area contributed by atoms with Crippen molar-refractivity contribution in [1.82, 2.24) is 10.6 Å². The summed E-state index contributed by atoms with van der Waals surface area (Å²) in [5, 5.41) is 6.92. The number of hydrogen-bond donors (Lipinski definition) is 2. The number of nitrogens with one attached hydrogen (secondary N) is 2. The Morgan fingerprint density at radius 2 is 0.769 bits per heavy atom.